The zero-order chi connectivity index (χ0) is 44.1. The number of carbonyl (C=O) groups is 5. The van der Waals surface area contributed by atoms with Crippen molar-refractivity contribution in [3.8, 4) is 11.5 Å². The van der Waals surface area contributed by atoms with Gasteiger partial charge in [-0.15, -0.1) is 10.2 Å². The molecule has 5 heterocycles. The molecule has 8 rings (SSSR count). The first-order chi connectivity index (χ1) is 30.5. The molecule has 0 saturated carbocycles. The second kappa shape index (κ2) is 18.5. The quantitative estimate of drug-likeness (QED) is 0.0334. The molecule has 0 aliphatic carbocycles. The number of esters is 1. The van der Waals surface area contributed by atoms with Crippen LogP contribution in [0.1, 0.15) is 126 Å². The second-order valence-corrected chi connectivity index (χ2v) is 16.4. The number of fused-ring (bicyclic) bond motifs is 2. The van der Waals surface area contributed by atoms with Crippen LogP contribution in [0.2, 0.25) is 0 Å². The Kier molecular flexibility index (Phi) is 12.6. The number of unbranched alkanes of at least 4 members (excludes halogenated alkanes) is 6. The van der Waals surface area contributed by atoms with Gasteiger partial charge >= 0.3 is 5.97 Å². The maximum Gasteiger partial charge on any atom is 0.339 e. The van der Waals surface area contributed by atoms with Crippen molar-refractivity contribution >= 4 is 52.7 Å². The van der Waals surface area contributed by atoms with E-state index in [1.807, 2.05) is 50.2 Å². The van der Waals surface area contributed by atoms with Gasteiger partial charge in [0.05, 0.1) is 34.9 Å². The van der Waals surface area contributed by atoms with Crippen LogP contribution in [0.4, 0.5) is 23.1 Å². The first-order valence-corrected chi connectivity index (χ1v) is 21.4. The van der Waals surface area contributed by atoms with Crippen LogP contribution < -0.4 is 21.3 Å². The van der Waals surface area contributed by atoms with E-state index in [-0.39, 0.29) is 48.4 Å². The van der Waals surface area contributed by atoms with Gasteiger partial charge in [-0.2, -0.15) is 4.98 Å². The Balaban J connectivity index is 0.813. The Morgan fingerprint density at radius 2 is 1.65 bits per heavy atom. The summed E-state index contributed by atoms with van der Waals surface area (Å²) < 4.78 is 11.6. The summed E-state index contributed by atoms with van der Waals surface area (Å²) in [5.41, 5.74) is 3.60. The van der Waals surface area contributed by atoms with Gasteiger partial charge in [-0.05, 0) is 69.0 Å². The number of rotatable bonds is 19. The Morgan fingerprint density at radius 1 is 0.873 bits per heavy atom. The molecule has 4 amide bonds. The van der Waals surface area contributed by atoms with Crippen LogP contribution in [0.5, 0.6) is 0 Å². The number of aliphatic hydroxyl groups is 1. The lowest BCUT2D eigenvalue weighted by atomic mass is 9.95. The SMILES string of the molecule is CC1(C)OC(=O)c2ccc(Nc3ncc(-c4nnc(CCCCCCCCCNc5cccc6c5C(=O)N(C5CCC(=O)NC5=O)C6=O)o4)c(N[C@H](CO)c4ccccc4)n3)cc21. The summed E-state index contributed by atoms with van der Waals surface area (Å²) in [4.78, 5) is 73.1. The van der Waals surface area contributed by atoms with Gasteiger partial charge in [-0.3, -0.25) is 29.4 Å². The Hall–Kier alpha value is -7.01. The van der Waals surface area contributed by atoms with Crippen molar-refractivity contribution in [2.24, 2.45) is 0 Å². The summed E-state index contributed by atoms with van der Waals surface area (Å²) in [5, 5.41) is 31.1. The molecule has 0 spiro atoms. The molecule has 2 atom stereocenters. The molecular weight excluding hydrogens is 807 g/mol. The van der Waals surface area contributed by atoms with Gasteiger partial charge in [0.1, 0.15) is 17.5 Å². The van der Waals surface area contributed by atoms with Crippen LogP contribution in [0.15, 0.2) is 77.3 Å². The number of aromatic nitrogens is 4. The lowest BCUT2D eigenvalue weighted by Gasteiger charge is -2.27. The predicted octanol–water partition coefficient (Wildman–Crippen LogP) is 6.61. The average Bonchev–Trinajstić information content (AvgIpc) is 3.92. The number of imide groups is 2. The minimum Gasteiger partial charge on any atom is -0.451 e. The zero-order valence-electron chi connectivity index (χ0n) is 35.1. The molecule has 17 nitrogen and oxygen atoms in total. The number of nitrogens with one attached hydrogen (secondary N) is 4. The molecule has 2 aromatic heterocycles. The smallest absolute Gasteiger partial charge is 0.339 e. The first-order valence-electron chi connectivity index (χ1n) is 21.4. The summed E-state index contributed by atoms with van der Waals surface area (Å²) in [6, 6.07) is 18.5. The fraction of sp³-hybridized carbons (Fsp3) is 0.370. The minimum absolute atomic E-state index is 0.0726. The highest BCUT2D eigenvalue weighted by Gasteiger charge is 2.45. The van der Waals surface area contributed by atoms with Crippen molar-refractivity contribution in [3.63, 3.8) is 0 Å². The highest BCUT2D eigenvalue weighted by Crippen LogP contribution is 2.38. The van der Waals surface area contributed by atoms with Crippen molar-refractivity contribution < 1.29 is 38.2 Å². The molecule has 5 aromatic rings. The zero-order valence-corrected chi connectivity index (χ0v) is 35.1. The fourth-order valence-corrected chi connectivity index (χ4v) is 8.20. The second-order valence-electron chi connectivity index (χ2n) is 16.4. The number of cyclic esters (lactones) is 1. The topological polar surface area (TPSA) is 231 Å². The van der Waals surface area contributed by atoms with E-state index in [0.29, 0.717) is 47.2 Å². The van der Waals surface area contributed by atoms with E-state index in [0.717, 1.165) is 61.0 Å². The number of hydrogen-bond donors (Lipinski definition) is 5. The highest BCUT2D eigenvalue weighted by atomic mass is 16.6. The summed E-state index contributed by atoms with van der Waals surface area (Å²) in [6.07, 6.45) is 9.23. The largest absolute Gasteiger partial charge is 0.451 e. The van der Waals surface area contributed by atoms with Gasteiger partial charge in [-0.1, -0.05) is 68.5 Å². The van der Waals surface area contributed by atoms with Crippen molar-refractivity contribution in [2.75, 3.05) is 29.1 Å². The molecule has 17 heteroatoms. The third-order valence-corrected chi connectivity index (χ3v) is 11.5. The molecule has 326 valence electrons. The summed E-state index contributed by atoms with van der Waals surface area (Å²) >= 11 is 0. The number of carbonyl (C=O) groups excluding carboxylic acids is 5. The Morgan fingerprint density at radius 3 is 2.43 bits per heavy atom. The fourth-order valence-electron chi connectivity index (χ4n) is 8.20. The van der Waals surface area contributed by atoms with Crippen molar-refractivity contribution in [2.45, 2.75) is 95.7 Å². The number of benzene rings is 3. The van der Waals surface area contributed by atoms with Gasteiger partial charge < -0.3 is 30.2 Å². The maximum absolute atomic E-state index is 13.3. The number of nitrogens with zero attached hydrogens (tertiary/aromatic N) is 5. The molecule has 0 radical (unpaired) electrons. The summed E-state index contributed by atoms with van der Waals surface area (Å²) in [7, 11) is 0. The van der Waals surface area contributed by atoms with Gasteiger partial charge in [0.2, 0.25) is 23.7 Å². The van der Waals surface area contributed by atoms with E-state index in [2.05, 4.69) is 36.4 Å². The number of ether oxygens (including phenoxy) is 1. The lowest BCUT2D eigenvalue weighted by Crippen LogP contribution is -2.54. The van der Waals surface area contributed by atoms with E-state index in [9.17, 15) is 29.1 Å². The van der Waals surface area contributed by atoms with Gasteiger partial charge in [0, 0.05) is 42.5 Å². The van der Waals surface area contributed by atoms with Crippen LogP contribution in [0.3, 0.4) is 0 Å². The van der Waals surface area contributed by atoms with E-state index in [1.54, 1.807) is 36.5 Å². The van der Waals surface area contributed by atoms with Gasteiger partial charge in [0.15, 0.2) is 0 Å². The monoisotopic (exact) mass is 855 g/mol. The predicted molar refractivity (Wildman–Crippen MR) is 231 cm³/mol. The molecule has 1 unspecified atom stereocenters. The number of hydrogen-bond acceptors (Lipinski definition) is 15. The standard InChI is InChI=1S/C46H49N9O8/c1-46(2)32-24-28(19-20-29(32)44(61)63-46)49-45-48-25-31(39(52-45)50-34(26-56)27-14-9-8-10-15-27)41-54-53-37(62-41)18-11-6-4-3-5-7-12-23-47-33-17-13-16-30-38(33)43(60)55(42(30)59)35-21-22-36(57)51-40(35)58/h8-10,13-17,19-20,24-25,34-35,47,56H,3-7,11-12,18,21-23,26H2,1-2H3,(H,51,57,58)(H2,48,49,50,52)/t34-,35?/m1/s1. The van der Waals surface area contributed by atoms with Crippen LogP contribution in [0.25, 0.3) is 11.5 Å². The molecule has 0 bridgehead atoms. The molecule has 3 aliphatic rings. The summed E-state index contributed by atoms with van der Waals surface area (Å²) in [5.74, 6) is -1.04. The van der Waals surface area contributed by atoms with E-state index in [1.165, 1.54) is 0 Å². The van der Waals surface area contributed by atoms with E-state index >= 15 is 0 Å². The maximum atomic E-state index is 13.3. The van der Waals surface area contributed by atoms with Crippen molar-refractivity contribution in [1.82, 2.24) is 30.4 Å². The van der Waals surface area contributed by atoms with E-state index in [4.69, 9.17) is 14.1 Å². The number of anilines is 4. The highest BCUT2D eigenvalue weighted by molar-refractivity contribution is 6.25. The molecule has 63 heavy (non-hydrogen) atoms. The lowest BCUT2D eigenvalue weighted by molar-refractivity contribution is -0.136. The van der Waals surface area contributed by atoms with Gasteiger partial charge in [0.25, 0.3) is 17.7 Å². The molecule has 3 aliphatic heterocycles. The third kappa shape index (κ3) is 9.28. The molecule has 1 fully saturated rings. The van der Waals surface area contributed by atoms with Crippen molar-refractivity contribution in [3.05, 3.63) is 107 Å². The van der Waals surface area contributed by atoms with Crippen LogP contribution in [0, 0.1) is 0 Å². The first kappa shape index (κ1) is 42.7. The summed E-state index contributed by atoms with van der Waals surface area (Å²) in [6.45, 7) is 4.10. The number of amides is 4. The third-order valence-electron chi connectivity index (χ3n) is 11.5. The van der Waals surface area contributed by atoms with Gasteiger partial charge in [-0.25, -0.2) is 9.78 Å². The Bertz CT molecular complexity index is 2540. The normalized spacial score (nSPS) is 17.0. The number of piperidine rings is 1. The van der Waals surface area contributed by atoms with Crippen LogP contribution in [-0.4, -0.2) is 79.0 Å². The van der Waals surface area contributed by atoms with Crippen LogP contribution >= 0.6 is 0 Å². The minimum atomic E-state index is -1.000. The van der Waals surface area contributed by atoms with Crippen molar-refractivity contribution in [1.29, 1.82) is 0 Å². The molecule has 3 aromatic carbocycles. The molecular formula is C46H49N9O8. The molecule has 5 N–H and O–H groups in total. The Labute approximate surface area is 363 Å². The molecule has 1 saturated heterocycles. The number of aliphatic hydroxyl groups excluding tert-OH is 1. The van der Waals surface area contributed by atoms with E-state index < -0.39 is 41.3 Å². The van der Waals surface area contributed by atoms with Crippen LogP contribution in [-0.2, 0) is 26.3 Å². The average molecular weight is 856 g/mol. The number of aryl methyl sites for hydroxylation is 1.